The summed E-state index contributed by atoms with van der Waals surface area (Å²) in [4.78, 5) is 47.4. The summed E-state index contributed by atoms with van der Waals surface area (Å²) in [7, 11) is 0. The Hall–Kier alpha value is -2.70. The van der Waals surface area contributed by atoms with Crippen molar-refractivity contribution in [2.75, 3.05) is 6.54 Å². The van der Waals surface area contributed by atoms with Gasteiger partial charge in [0.1, 0.15) is 12.6 Å². The fraction of sp³-hybridized carbons (Fsp3) is 0.286. The van der Waals surface area contributed by atoms with Crippen LogP contribution in [0.1, 0.15) is 33.2 Å². The minimum atomic E-state index is -1.19. The van der Waals surface area contributed by atoms with Gasteiger partial charge in [-0.15, -0.1) is 0 Å². The predicted molar refractivity (Wildman–Crippen MR) is 71.8 cm³/mol. The number of amides is 3. The summed E-state index contributed by atoms with van der Waals surface area (Å²) >= 11 is 0. The van der Waals surface area contributed by atoms with Gasteiger partial charge >= 0.3 is 5.97 Å². The first kappa shape index (κ1) is 14.7. The highest BCUT2D eigenvalue weighted by molar-refractivity contribution is 6.22. The standard InChI is InChI=1S/C14H14N2O5/c1-7-3-4-9-10(5-7)13(19)16(12(9)18)6-11(17)15-8(2)14(20)21/h3-5,8H,6H2,1-2H3,(H,15,17)(H,20,21)/t8-/m0/s1. The van der Waals surface area contributed by atoms with Crippen molar-refractivity contribution < 1.29 is 24.3 Å². The summed E-state index contributed by atoms with van der Waals surface area (Å²) in [6.45, 7) is 2.59. The second kappa shape index (κ2) is 5.35. The molecule has 0 saturated heterocycles. The van der Waals surface area contributed by atoms with Gasteiger partial charge in [0.05, 0.1) is 11.1 Å². The normalized spacial score (nSPS) is 14.9. The summed E-state index contributed by atoms with van der Waals surface area (Å²) in [6.07, 6.45) is 0. The van der Waals surface area contributed by atoms with Gasteiger partial charge in [-0.2, -0.15) is 0 Å². The highest BCUT2D eigenvalue weighted by Gasteiger charge is 2.36. The van der Waals surface area contributed by atoms with Crippen LogP contribution in [-0.2, 0) is 9.59 Å². The first-order valence-corrected chi connectivity index (χ1v) is 6.30. The van der Waals surface area contributed by atoms with Crippen LogP contribution < -0.4 is 5.32 Å². The van der Waals surface area contributed by atoms with Crippen LogP contribution in [0, 0.1) is 6.92 Å². The molecule has 1 aliphatic heterocycles. The maximum atomic E-state index is 12.1. The lowest BCUT2D eigenvalue weighted by atomic mass is 10.1. The van der Waals surface area contributed by atoms with Crippen LogP contribution in [0.25, 0.3) is 0 Å². The van der Waals surface area contributed by atoms with Crippen molar-refractivity contribution in [3.63, 3.8) is 0 Å². The lowest BCUT2D eigenvalue weighted by molar-refractivity contribution is -0.141. The molecular formula is C14H14N2O5. The van der Waals surface area contributed by atoms with Crippen LogP contribution >= 0.6 is 0 Å². The van der Waals surface area contributed by atoms with Crippen LogP contribution in [-0.4, -0.2) is 46.3 Å². The number of fused-ring (bicyclic) bond motifs is 1. The highest BCUT2D eigenvalue weighted by atomic mass is 16.4. The third-order valence-corrected chi connectivity index (χ3v) is 3.18. The van der Waals surface area contributed by atoms with Gasteiger partial charge in [-0.1, -0.05) is 11.6 Å². The SMILES string of the molecule is Cc1ccc2c(c1)C(=O)N(CC(=O)N[C@@H](C)C(=O)O)C2=O. The van der Waals surface area contributed by atoms with Crippen molar-refractivity contribution in [1.29, 1.82) is 0 Å². The molecule has 3 amide bonds. The van der Waals surface area contributed by atoms with Crippen molar-refractivity contribution >= 4 is 23.7 Å². The van der Waals surface area contributed by atoms with Gasteiger partial charge in [0.15, 0.2) is 0 Å². The number of carbonyl (C=O) groups excluding carboxylic acids is 3. The number of carbonyl (C=O) groups is 4. The Morgan fingerprint density at radius 1 is 1.24 bits per heavy atom. The van der Waals surface area contributed by atoms with E-state index in [2.05, 4.69) is 5.32 Å². The Balaban J connectivity index is 2.13. The van der Waals surface area contributed by atoms with Crippen molar-refractivity contribution in [2.45, 2.75) is 19.9 Å². The lowest BCUT2D eigenvalue weighted by Crippen LogP contribution is -2.45. The molecule has 0 aromatic heterocycles. The second-order valence-corrected chi connectivity index (χ2v) is 4.87. The number of nitrogens with one attached hydrogen (secondary N) is 1. The van der Waals surface area contributed by atoms with E-state index in [1.54, 1.807) is 25.1 Å². The van der Waals surface area contributed by atoms with Crippen molar-refractivity contribution in [1.82, 2.24) is 10.2 Å². The monoisotopic (exact) mass is 290 g/mol. The fourth-order valence-electron chi connectivity index (χ4n) is 2.04. The molecule has 1 aromatic carbocycles. The molecule has 0 fully saturated rings. The minimum Gasteiger partial charge on any atom is -0.480 e. The Bertz CT molecular complexity index is 653. The molecule has 2 rings (SSSR count). The van der Waals surface area contributed by atoms with Gasteiger partial charge in [-0.3, -0.25) is 24.1 Å². The molecule has 1 heterocycles. The Morgan fingerprint density at radius 2 is 1.86 bits per heavy atom. The molecule has 0 spiro atoms. The van der Waals surface area contributed by atoms with Gasteiger partial charge in [0, 0.05) is 0 Å². The molecule has 7 nitrogen and oxygen atoms in total. The zero-order valence-corrected chi connectivity index (χ0v) is 11.5. The van der Waals surface area contributed by atoms with E-state index in [0.29, 0.717) is 0 Å². The predicted octanol–water partition coefficient (Wildman–Crippen LogP) is 0.180. The molecule has 1 aromatic rings. The number of benzene rings is 1. The minimum absolute atomic E-state index is 0.254. The molecule has 2 N–H and O–H groups in total. The van der Waals surface area contributed by atoms with Gasteiger partial charge in [-0.25, -0.2) is 0 Å². The lowest BCUT2D eigenvalue weighted by Gasteiger charge is -2.15. The number of rotatable bonds is 4. The summed E-state index contributed by atoms with van der Waals surface area (Å²) in [5.41, 5.74) is 1.35. The summed E-state index contributed by atoms with van der Waals surface area (Å²) in [6, 6.07) is 3.76. The van der Waals surface area contributed by atoms with Gasteiger partial charge in [0.2, 0.25) is 5.91 Å². The average molecular weight is 290 g/mol. The first-order chi connectivity index (χ1) is 9.81. The molecular weight excluding hydrogens is 276 g/mol. The Morgan fingerprint density at radius 3 is 2.48 bits per heavy atom. The Kier molecular flexibility index (Phi) is 3.75. The number of aliphatic carboxylic acids is 1. The molecule has 1 atom stereocenters. The molecule has 0 radical (unpaired) electrons. The number of carboxylic acids is 1. The van der Waals surface area contributed by atoms with E-state index in [-0.39, 0.29) is 11.1 Å². The van der Waals surface area contributed by atoms with E-state index < -0.39 is 36.3 Å². The van der Waals surface area contributed by atoms with Gasteiger partial charge < -0.3 is 10.4 Å². The molecule has 0 saturated carbocycles. The van der Waals surface area contributed by atoms with Gasteiger partial charge in [-0.05, 0) is 26.0 Å². The van der Waals surface area contributed by atoms with E-state index in [1.807, 2.05) is 0 Å². The maximum absolute atomic E-state index is 12.1. The van der Waals surface area contributed by atoms with E-state index in [4.69, 9.17) is 5.11 Å². The number of hydrogen-bond donors (Lipinski definition) is 2. The van der Waals surface area contributed by atoms with Crippen LogP contribution in [0.3, 0.4) is 0 Å². The smallest absolute Gasteiger partial charge is 0.325 e. The Labute approximate surface area is 120 Å². The van der Waals surface area contributed by atoms with Crippen LogP contribution in [0.5, 0.6) is 0 Å². The van der Waals surface area contributed by atoms with Crippen molar-refractivity contribution in [2.24, 2.45) is 0 Å². The molecule has 21 heavy (non-hydrogen) atoms. The topological polar surface area (TPSA) is 104 Å². The number of hydrogen-bond acceptors (Lipinski definition) is 4. The van der Waals surface area contributed by atoms with E-state index >= 15 is 0 Å². The third kappa shape index (κ3) is 2.76. The average Bonchev–Trinajstić information content (AvgIpc) is 2.63. The zero-order chi connectivity index (χ0) is 15.7. The third-order valence-electron chi connectivity index (χ3n) is 3.18. The number of carboxylic acid groups (broad SMARTS) is 1. The van der Waals surface area contributed by atoms with Crippen molar-refractivity contribution in [3.05, 3.63) is 34.9 Å². The first-order valence-electron chi connectivity index (χ1n) is 6.30. The summed E-state index contributed by atoms with van der Waals surface area (Å²) < 4.78 is 0. The van der Waals surface area contributed by atoms with Gasteiger partial charge in [0.25, 0.3) is 11.8 Å². The van der Waals surface area contributed by atoms with E-state index in [1.165, 1.54) is 6.92 Å². The van der Waals surface area contributed by atoms with Crippen molar-refractivity contribution in [3.8, 4) is 0 Å². The van der Waals surface area contributed by atoms with Crippen LogP contribution in [0.2, 0.25) is 0 Å². The highest BCUT2D eigenvalue weighted by Crippen LogP contribution is 2.23. The second-order valence-electron chi connectivity index (χ2n) is 4.87. The molecule has 0 unspecified atom stereocenters. The number of aryl methyl sites for hydroxylation is 1. The van der Waals surface area contributed by atoms with E-state index in [9.17, 15) is 19.2 Å². The summed E-state index contributed by atoms with van der Waals surface area (Å²) in [5.74, 6) is -2.98. The van der Waals surface area contributed by atoms with Crippen LogP contribution in [0.15, 0.2) is 18.2 Å². The zero-order valence-electron chi connectivity index (χ0n) is 11.5. The molecule has 0 bridgehead atoms. The number of imide groups is 1. The molecule has 0 aliphatic carbocycles. The quantitative estimate of drug-likeness (QED) is 0.770. The molecule has 1 aliphatic rings. The fourth-order valence-corrected chi connectivity index (χ4v) is 2.04. The largest absolute Gasteiger partial charge is 0.480 e. The molecule has 110 valence electrons. The maximum Gasteiger partial charge on any atom is 0.325 e. The van der Waals surface area contributed by atoms with Crippen LogP contribution in [0.4, 0.5) is 0 Å². The number of nitrogens with zero attached hydrogens (tertiary/aromatic N) is 1. The van der Waals surface area contributed by atoms with E-state index in [0.717, 1.165) is 10.5 Å². The summed E-state index contributed by atoms with van der Waals surface area (Å²) in [5, 5.41) is 10.9. The molecule has 7 heteroatoms.